The van der Waals surface area contributed by atoms with Crippen molar-refractivity contribution in [3.63, 3.8) is 0 Å². The van der Waals surface area contributed by atoms with Crippen LogP contribution in [0.25, 0.3) is 0 Å². The Morgan fingerprint density at radius 2 is 1.38 bits per heavy atom. The molecule has 0 aliphatic carbocycles. The number of hydrogen-bond donors (Lipinski definition) is 0. The molecule has 0 unspecified atom stereocenters. The Labute approximate surface area is 168 Å². The third-order valence-corrected chi connectivity index (χ3v) is 3.55. The minimum absolute atomic E-state index is 0.0137. The normalized spacial score (nSPS) is 26.0. The zero-order chi connectivity index (χ0) is 22.0. The van der Waals surface area contributed by atoms with E-state index >= 15 is 0 Å². The summed E-state index contributed by atoms with van der Waals surface area (Å²) < 4.78 is 36.9. The van der Waals surface area contributed by atoms with E-state index in [4.69, 9.17) is 33.2 Å². The molecule has 0 aromatic carbocycles. The van der Waals surface area contributed by atoms with Gasteiger partial charge in [0.2, 0.25) is 0 Å². The molecule has 164 valence electrons. The minimum atomic E-state index is -1.26. The smallest absolute Gasteiger partial charge is 0.303 e. The molecule has 0 aromatic heterocycles. The summed E-state index contributed by atoms with van der Waals surface area (Å²) in [6, 6.07) is 0. The summed E-state index contributed by atoms with van der Waals surface area (Å²) in [5, 5.41) is 0. The lowest BCUT2D eigenvalue weighted by atomic mass is 9.98. The van der Waals surface area contributed by atoms with E-state index in [-0.39, 0.29) is 19.8 Å². The van der Waals surface area contributed by atoms with E-state index in [1.165, 1.54) is 13.2 Å². The fourth-order valence-corrected chi connectivity index (χ4v) is 2.62. The number of rotatable bonds is 10. The lowest BCUT2D eigenvalue weighted by molar-refractivity contribution is -0.309. The summed E-state index contributed by atoms with van der Waals surface area (Å²) in [6.07, 6.45) is -4.79. The maximum absolute atomic E-state index is 11.7. The first-order valence-electron chi connectivity index (χ1n) is 8.80. The van der Waals surface area contributed by atoms with Gasteiger partial charge < -0.3 is 33.2 Å². The number of carbonyl (C=O) groups excluding carboxylic acids is 4. The Balaban J connectivity index is 3.19. The van der Waals surface area contributed by atoms with Crippen LogP contribution in [0.5, 0.6) is 0 Å². The number of ether oxygens (including phenoxy) is 7. The predicted molar refractivity (Wildman–Crippen MR) is 94.1 cm³/mol. The van der Waals surface area contributed by atoms with Gasteiger partial charge in [0, 0.05) is 27.7 Å². The highest BCUT2D eigenvalue weighted by molar-refractivity contribution is 5.68. The molecule has 1 saturated heterocycles. The van der Waals surface area contributed by atoms with Gasteiger partial charge in [-0.2, -0.15) is 0 Å². The summed E-state index contributed by atoms with van der Waals surface area (Å²) in [4.78, 5) is 46.1. The van der Waals surface area contributed by atoms with Crippen LogP contribution in [-0.2, 0) is 52.3 Å². The largest absolute Gasteiger partial charge is 0.499 e. The average molecular weight is 418 g/mol. The zero-order valence-corrected chi connectivity index (χ0v) is 16.8. The molecule has 1 heterocycles. The van der Waals surface area contributed by atoms with Gasteiger partial charge in [-0.15, -0.1) is 0 Å². The van der Waals surface area contributed by atoms with Gasteiger partial charge in [-0.25, -0.2) is 0 Å². The lowest BCUT2D eigenvalue weighted by Gasteiger charge is -2.44. The molecule has 11 heteroatoms. The summed E-state index contributed by atoms with van der Waals surface area (Å²) in [6.45, 7) is 7.84. The second kappa shape index (κ2) is 12.0. The molecule has 0 spiro atoms. The quantitative estimate of drug-likeness (QED) is 0.209. The minimum Gasteiger partial charge on any atom is -0.499 e. The number of hydrogen-bond acceptors (Lipinski definition) is 11. The van der Waals surface area contributed by atoms with Crippen molar-refractivity contribution in [3.05, 3.63) is 12.8 Å². The molecule has 0 amide bonds. The highest BCUT2D eigenvalue weighted by Gasteiger charge is 2.52. The van der Waals surface area contributed by atoms with Crippen LogP contribution in [0, 0.1) is 0 Å². The maximum atomic E-state index is 11.7. The first-order valence-corrected chi connectivity index (χ1v) is 8.80. The summed E-state index contributed by atoms with van der Waals surface area (Å²) >= 11 is 0. The van der Waals surface area contributed by atoms with E-state index in [1.54, 1.807) is 0 Å². The van der Waals surface area contributed by atoms with E-state index in [1.807, 2.05) is 0 Å². The monoisotopic (exact) mass is 418 g/mol. The second-order valence-corrected chi connectivity index (χ2v) is 5.98. The topological polar surface area (TPSA) is 133 Å². The van der Waals surface area contributed by atoms with E-state index in [2.05, 4.69) is 6.58 Å². The molecule has 1 aliphatic rings. The van der Waals surface area contributed by atoms with Crippen molar-refractivity contribution in [2.24, 2.45) is 0 Å². The van der Waals surface area contributed by atoms with E-state index in [9.17, 15) is 19.2 Å². The molecule has 0 aromatic rings. The standard InChI is InChI=1S/C18H26O11/c1-6-23-7-8-24-18-17(28-13(5)22)16(27-12(4)21)15(26-11(3)20)14(29-18)9-25-10(2)19/h6,14-18H,1,7-9H2,2-5H3/t14-,15-,16+,17-,18-/m1/s1. The molecule has 0 bridgehead atoms. The highest BCUT2D eigenvalue weighted by Crippen LogP contribution is 2.29. The van der Waals surface area contributed by atoms with E-state index < -0.39 is 54.6 Å². The Bertz CT molecular complexity index is 603. The van der Waals surface area contributed by atoms with Crippen molar-refractivity contribution in [3.8, 4) is 0 Å². The molecule has 0 radical (unpaired) electrons. The Kier molecular flexibility index (Phi) is 10.1. The van der Waals surface area contributed by atoms with Crippen LogP contribution in [0.4, 0.5) is 0 Å². The van der Waals surface area contributed by atoms with Crippen LogP contribution in [0.15, 0.2) is 12.8 Å². The third kappa shape index (κ3) is 8.48. The Morgan fingerprint density at radius 1 is 0.828 bits per heavy atom. The van der Waals surface area contributed by atoms with Gasteiger partial charge in [0.1, 0.15) is 19.3 Å². The SMILES string of the molecule is C=COCCO[C@@H]1O[C@H](COC(C)=O)[C@@H](OC(C)=O)[C@H](OC(C)=O)[C@H]1OC(C)=O. The lowest BCUT2D eigenvalue weighted by Crippen LogP contribution is -2.63. The zero-order valence-electron chi connectivity index (χ0n) is 16.8. The van der Waals surface area contributed by atoms with Crippen molar-refractivity contribution in [1.82, 2.24) is 0 Å². The first kappa shape index (κ1) is 24.4. The number of esters is 4. The summed E-state index contributed by atoms with van der Waals surface area (Å²) in [5.41, 5.74) is 0. The molecule has 1 fully saturated rings. The molecule has 0 saturated carbocycles. The molecular formula is C18H26O11. The molecule has 29 heavy (non-hydrogen) atoms. The molecule has 1 aliphatic heterocycles. The van der Waals surface area contributed by atoms with Crippen molar-refractivity contribution in [2.75, 3.05) is 19.8 Å². The van der Waals surface area contributed by atoms with Gasteiger partial charge in [0.25, 0.3) is 0 Å². The third-order valence-electron chi connectivity index (χ3n) is 3.55. The van der Waals surface area contributed by atoms with E-state index in [0.29, 0.717) is 0 Å². The molecule has 5 atom stereocenters. The van der Waals surface area contributed by atoms with Crippen molar-refractivity contribution < 1.29 is 52.3 Å². The van der Waals surface area contributed by atoms with Crippen LogP contribution in [0.3, 0.4) is 0 Å². The molecule has 11 nitrogen and oxygen atoms in total. The summed E-state index contributed by atoms with van der Waals surface area (Å²) in [7, 11) is 0. The van der Waals surface area contributed by atoms with Crippen LogP contribution < -0.4 is 0 Å². The van der Waals surface area contributed by atoms with Gasteiger partial charge in [0.15, 0.2) is 24.6 Å². The Morgan fingerprint density at radius 3 is 1.90 bits per heavy atom. The molecule has 1 rings (SSSR count). The van der Waals surface area contributed by atoms with Crippen LogP contribution >= 0.6 is 0 Å². The molecule has 0 N–H and O–H groups in total. The van der Waals surface area contributed by atoms with Gasteiger partial charge in [0.05, 0.1) is 12.9 Å². The van der Waals surface area contributed by atoms with Gasteiger partial charge in [-0.1, -0.05) is 6.58 Å². The van der Waals surface area contributed by atoms with E-state index in [0.717, 1.165) is 20.8 Å². The fraction of sp³-hybridized carbons (Fsp3) is 0.667. The summed E-state index contributed by atoms with van der Waals surface area (Å²) in [5.74, 6) is -2.72. The van der Waals surface area contributed by atoms with Crippen molar-refractivity contribution >= 4 is 23.9 Å². The van der Waals surface area contributed by atoms with Gasteiger partial charge in [-0.05, 0) is 0 Å². The average Bonchev–Trinajstić information content (AvgIpc) is 2.60. The Hall–Kier alpha value is -2.66. The highest BCUT2D eigenvalue weighted by atomic mass is 16.7. The van der Waals surface area contributed by atoms with Crippen LogP contribution in [0.1, 0.15) is 27.7 Å². The van der Waals surface area contributed by atoms with Gasteiger partial charge in [-0.3, -0.25) is 19.2 Å². The predicted octanol–water partition coefficient (Wildman–Crippen LogP) is 0.246. The van der Waals surface area contributed by atoms with Crippen LogP contribution in [-0.4, -0.2) is 74.4 Å². The fourth-order valence-electron chi connectivity index (χ4n) is 2.62. The first-order chi connectivity index (χ1) is 13.6. The van der Waals surface area contributed by atoms with Crippen LogP contribution in [0.2, 0.25) is 0 Å². The maximum Gasteiger partial charge on any atom is 0.303 e. The van der Waals surface area contributed by atoms with Crippen molar-refractivity contribution in [1.29, 1.82) is 0 Å². The second-order valence-electron chi connectivity index (χ2n) is 5.98. The van der Waals surface area contributed by atoms with Gasteiger partial charge >= 0.3 is 23.9 Å². The number of carbonyl (C=O) groups is 4. The van der Waals surface area contributed by atoms with Crippen molar-refractivity contribution in [2.45, 2.75) is 58.4 Å². The molecular weight excluding hydrogens is 392 g/mol.